The molecule has 20 heavy (non-hydrogen) atoms. The van der Waals surface area contributed by atoms with Gasteiger partial charge in [-0.3, -0.25) is 4.79 Å². The summed E-state index contributed by atoms with van der Waals surface area (Å²) >= 11 is 1.89. The van der Waals surface area contributed by atoms with Gasteiger partial charge in [-0.25, -0.2) is 0 Å². The van der Waals surface area contributed by atoms with E-state index in [2.05, 4.69) is 29.5 Å². The number of ether oxygens (including phenoxy) is 1. The van der Waals surface area contributed by atoms with E-state index < -0.39 is 0 Å². The molecule has 0 unspecified atom stereocenters. The van der Waals surface area contributed by atoms with Crippen molar-refractivity contribution in [1.29, 1.82) is 0 Å². The Kier molecular flexibility index (Phi) is 15.4. The van der Waals surface area contributed by atoms with Gasteiger partial charge in [-0.05, 0) is 37.8 Å². The van der Waals surface area contributed by atoms with Crippen molar-refractivity contribution in [3.8, 4) is 0 Å². The summed E-state index contributed by atoms with van der Waals surface area (Å²) in [4.78, 5) is 10.9. The standard InChI is InChI=1S/C17H28O2S/c1-3-4-5-6-9-12-15-20-16-13-10-7-8-11-14-17(18)19-2/h7,9,12-13H,3-6,8,11,14-16H2,1-2H3/b12-9-. The molecule has 0 fully saturated rings. The van der Waals surface area contributed by atoms with Crippen molar-refractivity contribution in [2.45, 2.75) is 51.9 Å². The monoisotopic (exact) mass is 296 g/mol. The van der Waals surface area contributed by atoms with Crippen LogP contribution in [0.15, 0.2) is 30.0 Å². The van der Waals surface area contributed by atoms with Gasteiger partial charge in [0, 0.05) is 17.9 Å². The highest BCUT2D eigenvalue weighted by Gasteiger charge is 1.96. The average Bonchev–Trinajstić information content (AvgIpc) is 2.47. The minimum absolute atomic E-state index is 0.136. The first-order valence-corrected chi connectivity index (χ1v) is 8.65. The molecule has 0 aliphatic carbocycles. The largest absolute Gasteiger partial charge is 0.469 e. The van der Waals surface area contributed by atoms with Gasteiger partial charge in [-0.15, -0.1) is 5.73 Å². The van der Waals surface area contributed by atoms with Crippen molar-refractivity contribution in [3.05, 3.63) is 30.0 Å². The zero-order chi connectivity index (χ0) is 14.9. The van der Waals surface area contributed by atoms with Crippen LogP contribution in [0.1, 0.15) is 51.9 Å². The smallest absolute Gasteiger partial charge is 0.305 e. The Bertz CT molecular complexity index is 315. The molecule has 0 saturated heterocycles. The number of esters is 1. The molecule has 0 bridgehead atoms. The Hall–Kier alpha value is -0.920. The molecule has 2 nitrogen and oxygen atoms in total. The maximum absolute atomic E-state index is 10.9. The summed E-state index contributed by atoms with van der Waals surface area (Å²) in [7, 11) is 1.42. The second-order valence-corrected chi connectivity index (χ2v) is 5.62. The molecule has 0 saturated carbocycles. The molecule has 0 amide bonds. The van der Waals surface area contributed by atoms with Gasteiger partial charge in [0.2, 0.25) is 0 Å². The molecule has 0 aliphatic heterocycles. The number of hydrogen-bond acceptors (Lipinski definition) is 3. The molecule has 0 N–H and O–H groups in total. The molecule has 0 heterocycles. The molecule has 0 aromatic heterocycles. The lowest BCUT2D eigenvalue weighted by Gasteiger charge is -1.94. The molecule has 114 valence electrons. The third-order valence-electron chi connectivity index (χ3n) is 2.75. The van der Waals surface area contributed by atoms with E-state index >= 15 is 0 Å². The van der Waals surface area contributed by atoms with Gasteiger partial charge in [0.1, 0.15) is 0 Å². The van der Waals surface area contributed by atoms with E-state index in [0.717, 1.165) is 24.3 Å². The number of methoxy groups -OCH3 is 1. The number of allylic oxidation sites excluding steroid dienone is 1. The summed E-state index contributed by atoms with van der Waals surface area (Å²) in [5.74, 6) is 1.93. The Morgan fingerprint density at radius 1 is 1.10 bits per heavy atom. The van der Waals surface area contributed by atoms with E-state index in [1.165, 1.54) is 32.8 Å². The maximum Gasteiger partial charge on any atom is 0.305 e. The molecule has 0 radical (unpaired) electrons. The van der Waals surface area contributed by atoms with Crippen LogP contribution in [0, 0.1) is 0 Å². The maximum atomic E-state index is 10.9. The van der Waals surface area contributed by atoms with Crippen molar-refractivity contribution >= 4 is 17.7 Å². The topological polar surface area (TPSA) is 26.3 Å². The number of carbonyl (C=O) groups is 1. The van der Waals surface area contributed by atoms with Crippen LogP contribution >= 0.6 is 11.8 Å². The van der Waals surface area contributed by atoms with Crippen LogP contribution in [0.2, 0.25) is 0 Å². The van der Waals surface area contributed by atoms with Crippen LogP contribution in [-0.2, 0) is 9.53 Å². The predicted octanol–water partition coefficient (Wildman–Crippen LogP) is 4.91. The molecule has 0 atom stereocenters. The lowest BCUT2D eigenvalue weighted by atomic mass is 10.2. The quantitative estimate of drug-likeness (QED) is 0.221. The minimum atomic E-state index is -0.136. The molecule has 0 rings (SSSR count). The summed E-state index contributed by atoms with van der Waals surface area (Å²) < 4.78 is 4.57. The molecule has 3 heteroatoms. The second-order valence-electron chi connectivity index (χ2n) is 4.55. The van der Waals surface area contributed by atoms with Gasteiger partial charge in [0.05, 0.1) is 7.11 Å². The van der Waals surface area contributed by atoms with Crippen molar-refractivity contribution in [3.63, 3.8) is 0 Å². The van der Waals surface area contributed by atoms with E-state index in [4.69, 9.17) is 0 Å². The summed E-state index contributed by atoms with van der Waals surface area (Å²) in [6.45, 7) is 2.23. The normalized spacial score (nSPS) is 10.3. The van der Waals surface area contributed by atoms with Crippen molar-refractivity contribution in [1.82, 2.24) is 0 Å². The van der Waals surface area contributed by atoms with Crippen LogP contribution < -0.4 is 0 Å². The van der Waals surface area contributed by atoms with E-state index in [9.17, 15) is 4.79 Å². The number of unbranched alkanes of at least 4 members (excludes halogenated alkanes) is 4. The Morgan fingerprint density at radius 2 is 1.95 bits per heavy atom. The number of carbonyl (C=O) groups excluding carboxylic acids is 1. The Balaban J connectivity index is 3.36. The first kappa shape index (κ1) is 19.1. The summed E-state index contributed by atoms with van der Waals surface area (Å²) in [6.07, 6.45) is 15.9. The van der Waals surface area contributed by atoms with Crippen LogP contribution in [0.3, 0.4) is 0 Å². The highest BCUT2D eigenvalue weighted by Crippen LogP contribution is 2.03. The lowest BCUT2D eigenvalue weighted by Crippen LogP contribution is -1.98. The molecule has 0 aliphatic rings. The van der Waals surface area contributed by atoms with Gasteiger partial charge in [0.25, 0.3) is 0 Å². The first-order valence-electron chi connectivity index (χ1n) is 7.50. The SMILES string of the molecule is CCCCC/C=C\CSCC=C=CCCCC(=O)OC. The van der Waals surface area contributed by atoms with Crippen molar-refractivity contribution < 1.29 is 9.53 Å². The summed E-state index contributed by atoms with van der Waals surface area (Å²) in [5.41, 5.74) is 3.15. The lowest BCUT2D eigenvalue weighted by molar-refractivity contribution is -0.140. The fourth-order valence-corrected chi connectivity index (χ4v) is 2.18. The third-order valence-corrected chi connectivity index (χ3v) is 3.58. The van der Waals surface area contributed by atoms with Crippen molar-refractivity contribution in [2.24, 2.45) is 0 Å². The Morgan fingerprint density at radius 3 is 2.70 bits per heavy atom. The molecule has 0 aromatic carbocycles. The van der Waals surface area contributed by atoms with Crippen LogP contribution in [0.4, 0.5) is 0 Å². The number of hydrogen-bond donors (Lipinski definition) is 0. The van der Waals surface area contributed by atoms with E-state index in [-0.39, 0.29) is 5.97 Å². The van der Waals surface area contributed by atoms with Crippen LogP contribution in [0.25, 0.3) is 0 Å². The molecular weight excluding hydrogens is 268 g/mol. The predicted molar refractivity (Wildman–Crippen MR) is 89.1 cm³/mol. The van der Waals surface area contributed by atoms with Crippen molar-refractivity contribution in [2.75, 3.05) is 18.6 Å². The number of thioether (sulfide) groups is 1. The highest BCUT2D eigenvalue weighted by molar-refractivity contribution is 7.99. The minimum Gasteiger partial charge on any atom is -0.469 e. The Labute approximate surface area is 128 Å². The van der Waals surface area contributed by atoms with Gasteiger partial charge >= 0.3 is 5.97 Å². The van der Waals surface area contributed by atoms with E-state index in [1.54, 1.807) is 0 Å². The summed E-state index contributed by atoms with van der Waals surface area (Å²) in [6, 6.07) is 0. The second kappa shape index (κ2) is 16.1. The first-order chi connectivity index (χ1) is 9.81. The van der Waals surface area contributed by atoms with Gasteiger partial charge in [0.15, 0.2) is 0 Å². The van der Waals surface area contributed by atoms with Gasteiger partial charge in [-0.2, -0.15) is 11.8 Å². The fourth-order valence-electron chi connectivity index (χ4n) is 1.56. The fraction of sp³-hybridized carbons (Fsp3) is 0.647. The molecule has 0 spiro atoms. The molecular formula is C17H28O2S. The third kappa shape index (κ3) is 15.1. The van der Waals surface area contributed by atoms with E-state index in [1.807, 2.05) is 23.9 Å². The van der Waals surface area contributed by atoms with Crippen LogP contribution in [-0.4, -0.2) is 24.6 Å². The zero-order valence-corrected chi connectivity index (χ0v) is 13.7. The molecule has 0 aromatic rings. The zero-order valence-electron chi connectivity index (χ0n) is 12.9. The van der Waals surface area contributed by atoms with E-state index in [0.29, 0.717) is 6.42 Å². The van der Waals surface area contributed by atoms with Crippen LogP contribution in [0.5, 0.6) is 0 Å². The van der Waals surface area contributed by atoms with Gasteiger partial charge in [-0.1, -0.05) is 31.9 Å². The average molecular weight is 296 g/mol. The summed E-state index contributed by atoms with van der Waals surface area (Å²) in [5, 5.41) is 0. The van der Waals surface area contributed by atoms with Gasteiger partial charge < -0.3 is 4.74 Å². The highest BCUT2D eigenvalue weighted by atomic mass is 32.2. The number of rotatable bonds is 12.